The van der Waals surface area contributed by atoms with Gasteiger partial charge in [0.25, 0.3) is 0 Å². The summed E-state index contributed by atoms with van der Waals surface area (Å²) < 4.78 is 0. The van der Waals surface area contributed by atoms with Gasteiger partial charge in [0.05, 0.1) is 18.8 Å². The van der Waals surface area contributed by atoms with Gasteiger partial charge in [-0.3, -0.25) is 4.79 Å². The minimum Gasteiger partial charge on any atom is -0.394 e. The van der Waals surface area contributed by atoms with Crippen LogP contribution in [0.2, 0.25) is 0 Å². The maximum Gasteiger partial charge on any atom is 0.249 e. The van der Waals surface area contributed by atoms with Crippen molar-refractivity contribution in [2.24, 2.45) is 0 Å². The second-order valence-corrected chi connectivity index (χ2v) is 14.7. The van der Waals surface area contributed by atoms with Crippen molar-refractivity contribution < 1.29 is 25.2 Å². The molecule has 1 amide bonds. The summed E-state index contributed by atoms with van der Waals surface area (Å²) in [5.41, 5.74) is 0. The van der Waals surface area contributed by atoms with Crippen LogP contribution in [0.4, 0.5) is 0 Å². The van der Waals surface area contributed by atoms with Crippen LogP contribution >= 0.6 is 0 Å². The molecule has 0 rings (SSSR count). The zero-order chi connectivity index (χ0) is 36.0. The first-order valence-corrected chi connectivity index (χ1v) is 21.2. The first-order valence-electron chi connectivity index (χ1n) is 21.2. The summed E-state index contributed by atoms with van der Waals surface area (Å²) in [5.74, 6) is -0.585. The van der Waals surface area contributed by atoms with Crippen LogP contribution in [-0.2, 0) is 4.79 Å². The summed E-state index contributed by atoms with van der Waals surface area (Å²) >= 11 is 0. The van der Waals surface area contributed by atoms with Crippen molar-refractivity contribution in [3.63, 3.8) is 0 Å². The molecule has 0 heterocycles. The Morgan fingerprint density at radius 2 is 0.939 bits per heavy atom. The first-order chi connectivity index (χ1) is 24.0. The van der Waals surface area contributed by atoms with Crippen LogP contribution < -0.4 is 5.32 Å². The number of allylic oxidation sites excluding steroid dienone is 4. The Balaban J connectivity index is 3.72. The van der Waals surface area contributed by atoms with Crippen molar-refractivity contribution in [2.75, 3.05) is 6.61 Å². The lowest BCUT2D eigenvalue weighted by Gasteiger charge is -2.27. The normalized spacial score (nSPS) is 14.5. The van der Waals surface area contributed by atoms with Crippen LogP contribution in [0.1, 0.15) is 213 Å². The molecule has 4 atom stereocenters. The van der Waals surface area contributed by atoms with E-state index in [1.807, 2.05) is 0 Å². The summed E-state index contributed by atoms with van der Waals surface area (Å²) in [4.78, 5) is 12.5. The molecule has 0 aliphatic rings. The molecule has 0 aromatic heterocycles. The fourth-order valence-electron chi connectivity index (χ4n) is 6.56. The molecule has 6 nitrogen and oxygen atoms in total. The van der Waals surface area contributed by atoms with E-state index in [0.29, 0.717) is 12.8 Å². The Morgan fingerprint density at radius 1 is 0.531 bits per heavy atom. The lowest BCUT2D eigenvalue weighted by molar-refractivity contribution is -0.132. The molecule has 0 radical (unpaired) electrons. The third kappa shape index (κ3) is 32.4. The van der Waals surface area contributed by atoms with E-state index in [4.69, 9.17) is 0 Å². The van der Waals surface area contributed by atoms with E-state index in [1.54, 1.807) is 0 Å². The molecule has 290 valence electrons. The van der Waals surface area contributed by atoms with Gasteiger partial charge in [-0.2, -0.15) is 0 Å². The number of carbonyl (C=O) groups excluding carboxylic acids is 1. The van der Waals surface area contributed by atoms with Crippen LogP contribution in [0.5, 0.6) is 0 Å². The topological polar surface area (TPSA) is 110 Å². The highest BCUT2D eigenvalue weighted by Gasteiger charge is 2.28. The number of carbonyl (C=O) groups is 1. The highest BCUT2D eigenvalue weighted by molar-refractivity contribution is 5.80. The number of hydrogen-bond acceptors (Lipinski definition) is 5. The van der Waals surface area contributed by atoms with Gasteiger partial charge in [0.2, 0.25) is 5.91 Å². The number of rotatable bonds is 38. The van der Waals surface area contributed by atoms with Crippen molar-refractivity contribution in [3.05, 3.63) is 24.3 Å². The van der Waals surface area contributed by atoms with E-state index in [9.17, 15) is 25.2 Å². The van der Waals surface area contributed by atoms with Crippen LogP contribution in [0.25, 0.3) is 0 Å². The van der Waals surface area contributed by atoms with Crippen molar-refractivity contribution in [3.8, 4) is 0 Å². The lowest BCUT2D eigenvalue weighted by atomic mass is 9.99. The number of amides is 1. The standard InChI is InChI=1S/C43H83NO5/c1-3-5-7-9-11-13-15-17-18-19-20-21-22-23-25-27-29-31-33-35-37-41(47)43(49)44-39(38-45)42(48)40(46)36-34-32-30-28-26-24-16-14-12-10-8-6-4-2/h5,7,11,13,39-42,45-48H,3-4,6,8-10,12,14-38H2,1-2H3,(H,44,49)/b7-5-,13-11-. The molecule has 0 aliphatic heterocycles. The number of aliphatic hydroxyl groups excluding tert-OH is 4. The summed E-state index contributed by atoms with van der Waals surface area (Å²) in [5, 5.41) is 43.6. The lowest BCUT2D eigenvalue weighted by Crippen LogP contribution is -2.53. The average Bonchev–Trinajstić information content (AvgIpc) is 3.11. The SMILES string of the molecule is CC/C=C\C/C=C\CCCCCCCCCCCCCCCC(O)C(=O)NC(CO)C(O)C(O)CCCCCCCCCCCCCCC. The summed E-state index contributed by atoms with van der Waals surface area (Å²) in [7, 11) is 0. The predicted molar refractivity (Wildman–Crippen MR) is 210 cm³/mol. The molecule has 0 aromatic carbocycles. The van der Waals surface area contributed by atoms with E-state index >= 15 is 0 Å². The van der Waals surface area contributed by atoms with Gasteiger partial charge in [-0.1, -0.05) is 199 Å². The van der Waals surface area contributed by atoms with Crippen LogP contribution in [0.15, 0.2) is 24.3 Å². The Bertz CT molecular complexity index is 742. The molecular weight excluding hydrogens is 610 g/mol. The highest BCUT2D eigenvalue weighted by Crippen LogP contribution is 2.16. The monoisotopic (exact) mass is 694 g/mol. The zero-order valence-corrected chi connectivity index (χ0v) is 32.4. The summed E-state index contributed by atoms with van der Waals surface area (Å²) in [6.07, 6.45) is 42.0. The van der Waals surface area contributed by atoms with Crippen LogP contribution in [0.3, 0.4) is 0 Å². The fraction of sp³-hybridized carbons (Fsp3) is 0.884. The van der Waals surface area contributed by atoms with Gasteiger partial charge >= 0.3 is 0 Å². The van der Waals surface area contributed by atoms with E-state index in [0.717, 1.165) is 51.4 Å². The largest absolute Gasteiger partial charge is 0.394 e. The second-order valence-electron chi connectivity index (χ2n) is 14.7. The highest BCUT2D eigenvalue weighted by atomic mass is 16.3. The Labute approximate surface area is 304 Å². The summed E-state index contributed by atoms with van der Waals surface area (Å²) in [6.45, 7) is 3.94. The number of nitrogens with one attached hydrogen (secondary N) is 1. The molecule has 49 heavy (non-hydrogen) atoms. The Kier molecular flexibility index (Phi) is 37.1. The van der Waals surface area contributed by atoms with Gasteiger partial charge in [-0.05, 0) is 38.5 Å². The van der Waals surface area contributed by atoms with Gasteiger partial charge in [0.15, 0.2) is 0 Å². The first kappa shape index (κ1) is 47.8. The van der Waals surface area contributed by atoms with Gasteiger partial charge in [-0.25, -0.2) is 0 Å². The van der Waals surface area contributed by atoms with Gasteiger partial charge in [0.1, 0.15) is 12.2 Å². The molecule has 0 bridgehead atoms. The van der Waals surface area contributed by atoms with Crippen molar-refractivity contribution in [1.29, 1.82) is 0 Å². The molecule has 0 fully saturated rings. The summed E-state index contributed by atoms with van der Waals surface area (Å²) in [6, 6.07) is -0.982. The average molecular weight is 694 g/mol. The predicted octanol–water partition coefficient (Wildman–Crippen LogP) is 10.8. The maximum atomic E-state index is 12.5. The molecule has 0 aliphatic carbocycles. The van der Waals surface area contributed by atoms with E-state index in [-0.39, 0.29) is 0 Å². The van der Waals surface area contributed by atoms with Gasteiger partial charge < -0.3 is 25.7 Å². The number of hydrogen-bond donors (Lipinski definition) is 5. The Morgan fingerprint density at radius 3 is 1.39 bits per heavy atom. The third-order valence-corrected chi connectivity index (χ3v) is 9.93. The minimum atomic E-state index is -1.26. The van der Waals surface area contributed by atoms with Crippen molar-refractivity contribution in [2.45, 2.75) is 237 Å². The number of unbranched alkanes of at least 4 members (excludes halogenated alkanes) is 25. The van der Waals surface area contributed by atoms with Gasteiger partial charge in [0, 0.05) is 0 Å². The molecule has 0 saturated carbocycles. The van der Waals surface area contributed by atoms with Crippen molar-refractivity contribution >= 4 is 5.91 Å². The molecule has 0 saturated heterocycles. The molecular formula is C43H83NO5. The molecule has 5 N–H and O–H groups in total. The minimum absolute atomic E-state index is 0.369. The smallest absolute Gasteiger partial charge is 0.249 e. The molecule has 4 unspecified atom stereocenters. The Hall–Kier alpha value is -1.21. The number of aliphatic hydroxyl groups is 4. The maximum absolute atomic E-state index is 12.5. The molecule has 6 heteroatoms. The van der Waals surface area contributed by atoms with Crippen LogP contribution in [-0.4, -0.2) is 57.3 Å². The fourth-order valence-corrected chi connectivity index (χ4v) is 6.56. The molecule has 0 spiro atoms. The van der Waals surface area contributed by atoms with E-state index < -0.39 is 36.9 Å². The quantitative estimate of drug-likeness (QED) is 0.0327. The van der Waals surface area contributed by atoms with Gasteiger partial charge in [-0.15, -0.1) is 0 Å². The second kappa shape index (κ2) is 38.0. The zero-order valence-electron chi connectivity index (χ0n) is 32.4. The van der Waals surface area contributed by atoms with E-state index in [1.165, 1.54) is 135 Å². The van der Waals surface area contributed by atoms with Crippen molar-refractivity contribution in [1.82, 2.24) is 5.32 Å². The van der Waals surface area contributed by atoms with E-state index in [2.05, 4.69) is 43.5 Å². The van der Waals surface area contributed by atoms with Crippen LogP contribution in [0, 0.1) is 0 Å². The molecule has 0 aromatic rings. The third-order valence-electron chi connectivity index (χ3n) is 9.93.